The first kappa shape index (κ1) is 14.9. The summed E-state index contributed by atoms with van der Waals surface area (Å²) in [5, 5.41) is 26.5. The molecule has 0 radical (unpaired) electrons. The summed E-state index contributed by atoms with van der Waals surface area (Å²) in [6.07, 6.45) is -1.42. The fourth-order valence-corrected chi connectivity index (χ4v) is 2.84. The van der Waals surface area contributed by atoms with Gasteiger partial charge < -0.3 is 15.3 Å². The minimum Gasteiger partial charge on any atom is -0.478 e. The number of halogens is 1. The van der Waals surface area contributed by atoms with Gasteiger partial charge in [0.25, 0.3) is 0 Å². The molecule has 3 N–H and O–H groups in total. The van der Waals surface area contributed by atoms with Crippen LogP contribution in [0.25, 0.3) is 0 Å². The molecule has 1 atom stereocenters. The van der Waals surface area contributed by atoms with E-state index in [0.717, 1.165) is 18.2 Å². The van der Waals surface area contributed by atoms with Crippen LogP contribution in [0.3, 0.4) is 0 Å². The summed E-state index contributed by atoms with van der Waals surface area (Å²) in [6, 6.07) is 3.22. The minimum atomic E-state index is -3.88. The Morgan fingerprint density at radius 1 is 1.39 bits per heavy atom. The van der Waals surface area contributed by atoms with Crippen LogP contribution >= 0.6 is 11.6 Å². The lowest BCUT2D eigenvalue weighted by molar-refractivity contribution is 0.0697. The van der Waals surface area contributed by atoms with Gasteiger partial charge in [-0.25, -0.2) is 13.2 Å². The van der Waals surface area contributed by atoms with Crippen molar-refractivity contribution in [3.8, 4) is 0 Å². The maximum absolute atomic E-state index is 11.8. The number of aliphatic hydroxyl groups is 2. The number of rotatable bonds is 5. The van der Waals surface area contributed by atoms with Crippen LogP contribution < -0.4 is 0 Å². The van der Waals surface area contributed by atoms with E-state index in [0.29, 0.717) is 0 Å². The molecule has 0 aliphatic carbocycles. The topological polar surface area (TPSA) is 112 Å². The lowest BCUT2D eigenvalue weighted by atomic mass is 10.2. The average molecular weight is 295 g/mol. The molecule has 100 valence electrons. The van der Waals surface area contributed by atoms with Crippen LogP contribution in [0.5, 0.6) is 0 Å². The Bertz CT molecular complexity index is 553. The Morgan fingerprint density at radius 3 is 2.50 bits per heavy atom. The van der Waals surface area contributed by atoms with Crippen molar-refractivity contribution in [2.75, 3.05) is 12.4 Å². The third-order valence-corrected chi connectivity index (χ3v) is 4.28. The highest BCUT2D eigenvalue weighted by atomic mass is 35.5. The van der Waals surface area contributed by atoms with Crippen molar-refractivity contribution >= 4 is 27.4 Å². The van der Waals surface area contributed by atoms with E-state index in [1.165, 1.54) is 0 Å². The van der Waals surface area contributed by atoms with E-state index in [9.17, 15) is 13.2 Å². The first-order valence-corrected chi connectivity index (χ1v) is 6.85. The highest BCUT2D eigenvalue weighted by Gasteiger charge is 2.21. The number of hydrogen-bond acceptors (Lipinski definition) is 5. The predicted octanol–water partition coefficient (Wildman–Crippen LogP) is 0.165. The quantitative estimate of drug-likeness (QED) is 0.713. The summed E-state index contributed by atoms with van der Waals surface area (Å²) in [6.45, 7) is -0.696. The van der Waals surface area contributed by atoms with Crippen LogP contribution in [0, 0.1) is 0 Å². The molecule has 0 saturated carbocycles. The molecule has 0 heterocycles. The number of carboxylic acid groups (broad SMARTS) is 1. The number of benzene rings is 1. The van der Waals surface area contributed by atoms with Crippen molar-refractivity contribution in [2.24, 2.45) is 0 Å². The minimum absolute atomic E-state index is 0.0795. The van der Waals surface area contributed by atoms with Crippen LogP contribution in [0.2, 0.25) is 5.02 Å². The van der Waals surface area contributed by atoms with Gasteiger partial charge in [0.15, 0.2) is 9.84 Å². The summed E-state index contributed by atoms with van der Waals surface area (Å²) in [5.74, 6) is -2.04. The third kappa shape index (κ3) is 3.42. The van der Waals surface area contributed by atoms with Gasteiger partial charge in [0, 0.05) is 0 Å². The van der Waals surface area contributed by atoms with Gasteiger partial charge >= 0.3 is 5.97 Å². The number of aliphatic hydroxyl groups excluding tert-OH is 2. The van der Waals surface area contributed by atoms with Gasteiger partial charge in [-0.15, -0.1) is 0 Å². The number of carboxylic acids is 1. The van der Waals surface area contributed by atoms with Gasteiger partial charge in [0.2, 0.25) is 0 Å². The van der Waals surface area contributed by atoms with Crippen molar-refractivity contribution in [3.63, 3.8) is 0 Å². The van der Waals surface area contributed by atoms with Gasteiger partial charge in [-0.2, -0.15) is 0 Å². The SMILES string of the molecule is O=C(O)c1cc(S(=O)(=O)CC(O)CO)ccc1Cl. The van der Waals surface area contributed by atoms with E-state index in [1.807, 2.05) is 0 Å². The van der Waals surface area contributed by atoms with Crippen molar-refractivity contribution in [3.05, 3.63) is 28.8 Å². The average Bonchev–Trinajstić information content (AvgIpc) is 2.28. The fraction of sp³-hybridized carbons (Fsp3) is 0.300. The first-order chi connectivity index (χ1) is 8.27. The zero-order chi connectivity index (χ0) is 13.9. The molecule has 0 amide bonds. The Hall–Kier alpha value is -1.15. The molecule has 1 aromatic rings. The highest BCUT2D eigenvalue weighted by molar-refractivity contribution is 7.91. The number of aromatic carboxylic acids is 1. The van der Waals surface area contributed by atoms with Crippen molar-refractivity contribution in [1.29, 1.82) is 0 Å². The summed E-state index contributed by atoms with van der Waals surface area (Å²) < 4.78 is 23.6. The Labute approximate surface area is 108 Å². The second-order valence-electron chi connectivity index (χ2n) is 3.56. The van der Waals surface area contributed by atoms with E-state index >= 15 is 0 Å². The van der Waals surface area contributed by atoms with Crippen LogP contribution in [0.1, 0.15) is 10.4 Å². The number of carbonyl (C=O) groups is 1. The Balaban J connectivity index is 3.18. The summed E-state index contributed by atoms with van der Waals surface area (Å²) in [4.78, 5) is 10.5. The molecule has 0 fully saturated rings. The molecule has 0 aliphatic heterocycles. The highest BCUT2D eigenvalue weighted by Crippen LogP contribution is 2.21. The molecule has 1 rings (SSSR count). The van der Waals surface area contributed by atoms with E-state index < -0.39 is 34.3 Å². The monoisotopic (exact) mass is 294 g/mol. The first-order valence-electron chi connectivity index (χ1n) is 4.82. The standard InChI is InChI=1S/C10H11ClO6S/c11-9-2-1-7(3-8(9)10(14)15)18(16,17)5-6(13)4-12/h1-3,6,12-13H,4-5H2,(H,14,15). The van der Waals surface area contributed by atoms with Crippen LogP contribution in [-0.2, 0) is 9.84 Å². The van der Waals surface area contributed by atoms with Crippen LogP contribution in [-0.4, -0.2) is 48.2 Å². The molecule has 0 bridgehead atoms. The Morgan fingerprint density at radius 2 is 2.00 bits per heavy atom. The molecule has 0 aliphatic rings. The second-order valence-corrected chi connectivity index (χ2v) is 6.01. The molecular weight excluding hydrogens is 284 g/mol. The summed E-state index contributed by atoms with van der Waals surface area (Å²) >= 11 is 5.61. The van der Waals surface area contributed by atoms with Gasteiger partial charge in [-0.3, -0.25) is 0 Å². The van der Waals surface area contributed by atoms with Crippen LogP contribution in [0.4, 0.5) is 0 Å². The molecule has 18 heavy (non-hydrogen) atoms. The normalized spacial score (nSPS) is 13.3. The summed E-state index contributed by atoms with van der Waals surface area (Å²) in [7, 11) is -3.88. The maximum Gasteiger partial charge on any atom is 0.337 e. The molecule has 1 unspecified atom stereocenters. The predicted molar refractivity (Wildman–Crippen MR) is 63.6 cm³/mol. The lowest BCUT2D eigenvalue weighted by Gasteiger charge is -2.09. The molecule has 0 saturated heterocycles. The zero-order valence-corrected chi connectivity index (χ0v) is 10.6. The largest absolute Gasteiger partial charge is 0.478 e. The van der Waals surface area contributed by atoms with Gasteiger partial charge in [0.1, 0.15) is 0 Å². The lowest BCUT2D eigenvalue weighted by Crippen LogP contribution is -2.24. The van der Waals surface area contributed by atoms with E-state index in [2.05, 4.69) is 0 Å². The summed E-state index contributed by atoms with van der Waals surface area (Å²) in [5.41, 5.74) is -0.337. The molecule has 1 aromatic carbocycles. The van der Waals surface area contributed by atoms with Crippen molar-refractivity contribution in [1.82, 2.24) is 0 Å². The van der Waals surface area contributed by atoms with E-state index in [-0.39, 0.29) is 15.5 Å². The number of hydrogen-bond donors (Lipinski definition) is 3. The van der Waals surface area contributed by atoms with Gasteiger partial charge in [-0.05, 0) is 18.2 Å². The maximum atomic E-state index is 11.8. The van der Waals surface area contributed by atoms with Crippen LogP contribution in [0.15, 0.2) is 23.1 Å². The Kier molecular flexibility index (Phi) is 4.69. The van der Waals surface area contributed by atoms with E-state index in [4.69, 9.17) is 26.9 Å². The molecule has 0 aromatic heterocycles. The molecule has 0 spiro atoms. The van der Waals surface area contributed by atoms with Gasteiger partial charge in [-0.1, -0.05) is 11.6 Å². The second kappa shape index (κ2) is 5.66. The molecule has 8 heteroatoms. The zero-order valence-electron chi connectivity index (χ0n) is 9.08. The van der Waals surface area contributed by atoms with E-state index in [1.54, 1.807) is 0 Å². The smallest absolute Gasteiger partial charge is 0.337 e. The molecule has 6 nitrogen and oxygen atoms in total. The molecular formula is C10H11ClO6S. The number of sulfone groups is 1. The van der Waals surface area contributed by atoms with Crippen molar-refractivity contribution in [2.45, 2.75) is 11.0 Å². The third-order valence-electron chi connectivity index (χ3n) is 2.15. The van der Waals surface area contributed by atoms with Crippen molar-refractivity contribution < 1.29 is 28.5 Å². The fourth-order valence-electron chi connectivity index (χ4n) is 1.26. The van der Waals surface area contributed by atoms with Gasteiger partial charge in [0.05, 0.1) is 33.9 Å².